The Labute approximate surface area is 124 Å². The van der Waals surface area contributed by atoms with Crippen LogP contribution in [-0.2, 0) is 24.8 Å². The second-order valence-corrected chi connectivity index (χ2v) is 4.58. The molecular weight excluding hydrogens is 268 g/mol. The van der Waals surface area contributed by atoms with Gasteiger partial charge >= 0.3 is 0 Å². The molecule has 0 amide bonds. The van der Waals surface area contributed by atoms with Crippen LogP contribution in [0.2, 0.25) is 0 Å². The van der Waals surface area contributed by atoms with Crippen molar-refractivity contribution in [2.45, 2.75) is 26.9 Å². The number of ether oxygens (including phenoxy) is 1. The third kappa shape index (κ3) is 3.91. The summed E-state index contributed by atoms with van der Waals surface area (Å²) in [4.78, 5) is 8.85. The van der Waals surface area contributed by atoms with Gasteiger partial charge in [-0.05, 0) is 13.3 Å². The van der Waals surface area contributed by atoms with Gasteiger partial charge in [0.2, 0.25) is 0 Å². The van der Waals surface area contributed by atoms with Gasteiger partial charge in [-0.15, -0.1) is 0 Å². The lowest BCUT2D eigenvalue weighted by Crippen LogP contribution is -2.06. The van der Waals surface area contributed by atoms with Crippen molar-refractivity contribution in [3.63, 3.8) is 0 Å². The number of hydrogen-bond acceptors (Lipinski definition) is 6. The lowest BCUT2D eigenvalue weighted by atomic mass is 10.3. The van der Waals surface area contributed by atoms with Gasteiger partial charge in [0.15, 0.2) is 5.82 Å². The Bertz CT molecular complexity index is 595. The highest BCUT2D eigenvalue weighted by Crippen LogP contribution is 2.20. The normalized spacial score (nSPS) is 10.7. The van der Waals surface area contributed by atoms with Crippen LogP contribution in [0.15, 0.2) is 12.3 Å². The van der Waals surface area contributed by atoms with E-state index in [9.17, 15) is 0 Å². The maximum Gasteiger partial charge on any atom is 0.158 e. The maximum absolute atomic E-state index is 5.38. The summed E-state index contributed by atoms with van der Waals surface area (Å²) in [7, 11) is 3.74. The van der Waals surface area contributed by atoms with Crippen molar-refractivity contribution >= 4 is 17.3 Å². The topological polar surface area (TPSA) is 76.9 Å². The van der Waals surface area contributed by atoms with Gasteiger partial charge in [0.25, 0.3) is 0 Å². The zero-order valence-electron chi connectivity index (χ0n) is 13.0. The first-order valence-corrected chi connectivity index (χ1v) is 7.09. The van der Waals surface area contributed by atoms with Crippen LogP contribution < -0.4 is 10.6 Å². The molecule has 0 fully saturated rings. The van der Waals surface area contributed by atoms with E-state index in [1.807, 2.05) is 33.3 Å². The lowest BCUT2D eigenvalue weighted by Gasteiger charge is -2.09. The molecule has 7 nitrogen and oxygen atoms in total. The molecule has 0 aliphatic carbocycles. The number of anilines is 3. The number of aromatic nitrogens is 4. The van der Waals surface area contributed by atoms with E-state index in [0.717, 1.165) is 29.4 Å². The van der Waals surface area contributed by atoms with Crippen molar-refractivity contribution in [1.29, 1.82) is 0 Å². The quantitative estimate of drug-likeness (QED) is 0.813. The zero-order valence-corrected chi connectivity index (χ0v) is 13.0. The molecule has 2 N–H and O–H groups in total. The van der Waals surface area contributed by atoms with Crippen molar-refractivity contribution in [3.8, 4) is 0 Å². The van der Waals surface area contributed by atoms with E-state index >= 15 is 0 Å². The molecule has 114 valence electrons. The summed E-state index contributed by atoms with van der Waals surface area (Å²) < 4.78 is 7.17. The monoisotopic (exact) mass is 290 g/mol. The molecule has 2 heterocycles. The van der Waals surface area contributed by atoms with Crippen LogP contribution in [0.3, 0.4) is 0 Å². The van der Waals surface area contributed by atoms with Crippen LogP contribution in [0.25, 0.3) is 0 Å². The fourth-order valence-electron chi connectivity index (χ4n) is 1.99. The van der Waals surface area contributed by atoms with Crippen LogP contribution in [-0.4, -0.2) is 33.4 Å². The Hall–Kier alpha value is -2.15. The summed E-state index contributed by atoms with van der Waals surface area (Å²) in [6.45, 7) is 5.06. The van der Waals surface area contributed by atoms with Crippen molar-refractivity contribution < 1.29 is 4.74 Å². The van der Waals surface area contributed by atoms with Gasteiger partial charge in [0.05, 0.1) is 11.4 Å². The number of rotatable bonds is 7. The van der Waals surface area contributed by atoms with Crippen molar-refractivity contribution in [1.82, 2.24) is 19.7 Å². The van der Waals surface area contributed by atoms with Crippen molar-refractivity contribution in [2.75, 3.05) is 24.3 Å². The molecule has 2 aromatic rings. The Morgan fingerprint density at radius 1 is 1.24 bits per heavy atom. The first kappa shape index (κ1) is 15.2. The van der Waals surface area contributed by atoms with Gasteiger partial charge < -0.3 is 15.4 Å². The molecule has 0 aliphatic heterocycles. The van der Waals surface area contributed by atoms with Gasteiger partial charge in [-0.25, -0.2) is 9.97 Å². The second-order valence-electron chi connectivity index (χ2n) is 4.58. The molecule has 0 saturated heterocycles. The van der Waals surface area contributed by atoms with Crippen LogP contribution in [0, 0.1) is 0 Å². The first-order chi connectivity index (χ1) is 10.2. The maximum atomic E-state index is 5.38. The molecule has 7 heteroatoms. The molecule has 0 spiro atoms. The summed E-state index contributed by atoms with van der Waals surface area (Å²) in [5.74, 6) is 2.13. The van der Waals surface area contributed by atoms with Gasteiger partial charge in [-0.1, -0.05) is 6.92 Å². The minimum Gasteiger partial charge on any atom is -0.374 e. The molecule has 2 aromatic heterocycles. The van der Waals surface area contributed by atoms with E-state index in [1.54, 1.807) is 4.68 Å². The predicted octanol–water partition coefficient (Wildman–Crippen LogP) is 2.09. The summed E-state index contributed by atoms with van der Waals surface area (Å²) in [6, 6.07) is 1.86. The molecule has 0 aliphatic rings. The van der Waals surface area contributed by atoms with Crippen molar-refractivity contribution in [2.24, 2.45) is 7.05 Å². The van der Waals surface area contributed by atoms with Gasteiger partial charge in [-0.3, -0.25) is 4.68 Å². The molecule has 0 saturated carbocycles. The van der Waals surface area contributed by atoms with Crippen LogP contribution in [0.5, 0.6) is 0 Å². The molecule has 0 aromatic carbocycles. The Kier molecular flexibility index (Phi) is 5.10. The van der Waals surface area contributed by atoms with E-state index in [2.05, 4.69) is 32.6 Å². The predicted molar refractivity (Wildman–Crippen MR) is 82.8 cm³/mol. The molecular formula is C14H22N6O. The Morgan fingerprint density at radius 3 is 2.67 bits per heavy atom. The minimum atomic E-state index is 0.397. The first-order valence-electron chi connectivity index (χ1n) is 7.09. The summed E-state index contributed by atoms with van der Waals surface area (Å²) in [5, 5.41) is 10.8. The average Bonchev–Trinajstić information content (AvgIpc) is 2.84. The largest absolute Gasteiger partial charge is 0.374 e. The standard InChI is InChI=1S/C14H22N6O/c1-5-10-11(8-20(4)19-10)16-13-7-12(15-3)17-14(18-13)9-21-6-2/h7-8H,5-6,9H2,1-4H3,(H2,15,16,17,18). The van der Waals surface area contributed by atoms with E-state index in [0.29, 0.717) is 19.0 Å². The third-order valence-corrected chi connectivity index (χ3v) is 2.97. The summed E-state index contributed by atoms with van der Waals surface area (Å²) >= 11 is 0. The highest BCUT2D eigenvalue weighted by Gasteiger charge is 2.09. The zero-order chi connectivity index (χ0) is 15.2. The van der Waals surface area contributed by atoms with Crippen LogP contribution in [0.1, 0.15) is 25.4 Å². The van der Waals surface area contributed by atoms with E-state index in [-0.39, 0.29) is 0 Å². The lowest BCUT2D eigenvalue weighted by molar-refractivity contribution is 0.128. The molecule has 21 heavy (non-hydrogen) atoms. The molecule has 0 radical (unpaired) electrons. The van der Waals surface area contributed by atoms with E-state index < -0.39 is 0 Å². The van der Waals surface area contributed by atoms with Gasteiger partial charge in [-0.2, -0.15) is 5.10 Å². The smallest absolute Gasteiger partial charge is 0.158 e. The highest BCUT2D eigenvalue weighted by atomic mass is 16.5. The third-order valence-electron chi connectivity index (χ3n) is 2.97. The Morgan fingerprint density at radius 2 is 2.00 bits per heavy atom. The number of aryl methyl sites for hydroxylation is 2. The fraction of sp³-hybridized carbons (Fsp3) is 0.500. The van der Waals surface area contributed by atoms with Crippen molar-refractivity contribution in [3.05, 3.63) is 23.8 Å². The van der Waals surface area contributed by atoms with E-state index in [1.165, 1.54) is 0 Å². The SMILES string of the molecule is CCOCc1nc(NC)cc(Nc2cn(C)nc2CC)n1. The molecule has 0 atom stereocenters. The number of nitrogens with one attached hydrogen (secondary N) is 2. The summed E-state index contributed by atoms with van der Waals surface area (Å²) in [5.41, 5.74) is 1.97. The summed E-state index contributed by atoms with van der Waals surface area (Å²) in [6.07, 6.45) is 2.81. The Balaban J connectivity index is 2.25. The molecule has 0 bridgehead atoms. The minimum absolute atomic E-state index is 0.397. The van der Waals surface area contributed by atoms with Gasteiger partial charge in [0.1, 0.15) is 18.2 Å². The van der Waals surface area contributed by atoms with Gasteiger partial charge in [0, 0.05) is 33.0 Å². The fourth-order valence-corrected chi connectivity index (χ4v) is 1.99. The molecule has 0 unspecified atom stereocenters. The average molecular weight is 290 g/mol. The van der Waals surface area contributed by atoms with Crippen LogP contribution in [0.4, 0.5) is 17.3 Å². The highest BCUT2D eigenvalue weighted by molar-refractivity contribution is 5.60. The van der Waals surface area contributed by atoms with E-state index in [4.69, 9.17) is 4.74 Å². The van der Waals surface area contributed by atoms with Crippen LogP contribution >= 0.6 is 0 Å². The second kappa shape index (κ2) is 7.03. The number of hydrogen-bond donors (Lipinski definition) is 2. The number of nitrogens with zero attached hydrogens (tertiary/aromatic N) is 4. The molecule has 2 rings (SSSR count).